The van der Waals surface area contributed by atoms with E-state index in [1.54, 1.807) is 12.1 Å². The van der Waals surface area contributed by atoms with Crippen molar-refractivity contribution >= 4 is 27.3 Å². The lowest BCUT2D eigenvalue weighted by molar-refractivity contribution is -0.158. The lowest BCUT2D eigenvalue weighted by atomic mass is 9.47. The van der Waals surface area contributed by atoms with Crippen LogP contribution in [-0.4, -0.2) is 38.9 Å². The van der Waals surface area contributed by atoms with Crippen LogP contribution in [0, 0.1) is 34.5 Å². The van der Waals surface area contributed by atoms with Gasteiger partial charge in [0.2, 0.25) is 15.9 Å². The molecule has 1 aromatic heterocycles. The fourth-order valence-corrected chi connectivity index (χ4v) is 10.4. The van der Waals surface area contributed by atoms with E-state index in [1.807, 2.05) is 12.4 Å². The van der Waals surface area contributed by atoms with Gasteiger partial charge in [-0.3, -0.25) is 4.79 Å². The molecule has 3 aliphatic carbocycles. The predicted molar refractivity (Wildman–Crippen MR) is 123 cm³/mol. The van der Waals surface area contributed by atoms with Crippen molar-refractivity contribution in [3.63, 3.8) is 0 Å². The Balaban J connectivity index is 1.32. The molecule has 7 atom stereocenters. The minimum Gasteiger partial charge on any atom is -0.342 e. The summed E-state index contributed by atoms with van der Waals surface area (Å²) in [5, 5.41) is 1.82. The highest BCUT2D eigenvalue weighted by atomic mass is 32.2. The van der Waals surface area contributed by atoms with Gasteiger partial charge in [-0.2, -0.15) is 0 Å². The molecule has 1 N–H and O–H groups in total. The first-order chi connectivity index (χ1) is 14.7. The van der Waals surface area contributed by atoms with E-state index in [-0.39, 0.29) is 10.8 Å². The normalized spacial score (nSPS) is 42.7. The first-order valence-electron chi connectivity index (χ1n) is 12.0. The van der Waals surface area contributed by atoms with Gasteiger partial charge < -0.3 is 4.90 Å². The number of carbonyl (C=O) groups excluding carboxylic acids is 1. The summed E-state index contributed by atoms with van der Waals surface area (Å²) in [6.07, 6.45) is 8.83. The molecule has 0 radical (unpaired) electrons. The lowest BCUT2D eigenvalue weighted by Crippen LogP contribution is -2.61. The molecule has 1 amide bonds. The van der Waals surface area contributed by atoms with Gasteiger partial charge in [-0.05, 0) is 90.9 Å². The summed E-state index contributed by atoms with van der Waals surface area (Å²) in [6.45, 7) is 5.46. The molecule has 4 fully saturated rings. The molecule has 0 bridgehead atoms. The maximum Gasteiger partial charge on any atom is 0.250 e. The molecule has 1 aromatic rings. The summed E-state index contributed by atoms with van der Waals surface area (Å²) in [7, 11) is -1.38. The third-order valence-electron chi connectivity index (χ3n) is 10.0. The van der Waals surface area contributed by atoms with Crippen LogP contribution in [0.5, 0.6) is 0 Å². The topological polar surface area (TPSA) is 66.5 Å². The van der Waals surface area contributed by atoms with Crippen molar-refractivity contribution in [2.75, 3.05) is 13.6 Å². The molecule has 5 nitrogen and oxygen atoms in total. The summed E-state index contributed by atoms with van der Waals surface area (Å²) in [6, 6.07) is 3.87. The second-order valence-corrected chi connectivity index (χ2v) is 14.0. The van der Waals surface area contributed by atoms with Crippen LogP contribution in [0.1, 0.15) is 65.2 Å². The summed E-state index contributed by atoms with van der Waals surface area (Å²) in [4.78, 5) is 14.4. The summed E-state index contributed by atoms with van der Waals surface area (Å²) in [5.41, 5.74) is 0.463. The number of amides is 1. The monoisotopic (exact) mass is 464 g/mol. The zero-order valence-corrected chi connectivity index (χ0v) is 20.6. The van der Waals surface area contributed by atoms with Gasteiger partial charge in [0.15, 0.2) is 0 Å². The molecule has 2 heterocycles. The number of likely N-dealkylation sites (tertiary alicyclic amines) is 1. The number of rotatable bonds is 4. The van der Waals surface area contributed by atoms with Crippen molar-refractivity contribution in [3.8, 4) is 0 Å². The molecule has 5 rings (SSSR count). The van der Waals surface area contributed by atoms with E-state index in [0.29, 0.717) is 46.9 Å². The van der Waals surface area contributed by atoms with Crippen molar-refractivity contribution in [1.29, 1.82) is 0 Å². The second-order valence-electron chi connectivity index (χ2n) is 11.1. The minimum absolute atomic E-state index is 0.221. The fraction of sp³-hybridized carbons (Fsp3) is 0.792. The molecule has 4 aliphatic rings. The third kappa shape index (κ3) is 3.33. The van der Waals surface area contributed by atoms with Crippen LogP contribution in [-0.2, 0) is 14.8 Å². The van der Waals surface area contributed by atoms with Crippen molar-refractivity contribution in [3.05, 3.63) is 17.5 Å². The van der Waals surface area contributed by atoms with E-state index in [1.165, 1.54) is 37.0 Å². The number of nitrogens with one attached hydrogen (secondary N) is 1. The molecule has 1 saturated heterocycles. The van der Waals surface area contributed by atoms with E-state index in [2.05, 4.69) is 23.5 Å². The van der Waals surface area contributed by atoms with Crippen molar-refractivity contribution < 1.29 is 13.2 Å². The third-order valence-corrected chi connectivity index (χ3v) is 12.9. The van der Waals surface area contributed by atoms with Gasteiger partial charge in [0.25, 0.3) is 0 Å². The Morgan fingerprint density at radius 2 is 1.87 bits per heavy atom. The Hall–Kier alpha value is -0.920. The van der Waals surface area contributed by atoms with E-state index in [4.69, 9.17) is 0 Å². The minimum atomic E-state index is -3.40. The quantitative estimate of drug-likeness (QED) is 0.713. The maximum absolute atomic E-state index is 12.7. The van der Waals surface area contributed by atoms with Gasteiger partial charge in [-0.25, -0.2) is 13.1 Å². The Kier molecular flexibility index (Phi) is 5.34. The Bertz CT molecular complexity index is 946. The van der Waals surface area contributed by atoms with Crippen LogP contribution in [0.25, 0.3) is 0 Å². The molecule has 0 aromatic carbocycles. The summed E-state index contributed by atoms with van der Waals surface area (Å²) >= 11 is 1.28. The molecule has 7 heteroatoms. The van der Waals surface area contributed by atoms with Crippen molar-refractivity contribution in [2.24, 2.45) is 34.5 Å². The van der Waals surface area contributed by atoms with E-state index in [0.717, 1.165) is 25.2 Å². The Morgan fingerprint density at radius 3 is 2.61 bits per heavy atom. The number of thiophene rings is 1. The number of nitrogens with zero attached hydrogens (tertiary/aromatic N) is 1. The van der Waals surface area contributed by atoms with Crippen molar-refractivity contribution in [1.82, 2.24) is 9.62 Å². The summed E-state index contributed by atoms with van der Waals surface area (Å²) < 4.78 is 28.7. The lowest BCUT2D eigenvalue weighted by Gasteiger charge is -2.61. The van der Waals surface area contributed by atoms with Gasteiger partial charge in [0, 0.05) is 26.1 Å². The largest absolute Gasteiger partial charge is 0.342 e. The van der Waals surface area contributed by atoms with Crippen molar-refractivity contribution in [2.45, 2.75) is 75.5 Å². The number of fused-ring (bicyclic) bond motifs is 5. The molecular formula is C24H36N2O3S2. The number of hydrogen-bond donors (Lipinski definition) is 1. The predicted octanol–water partition coefficient (Wildman–Crippen LogP) is 4.51. The highest BCUT2D eigenvalue weighted by Gasteiger charge is 2.61. The van der Waals surface area contributed by atoms with Gasteiger partial charge in [0.05, 0.1) is 0 Å². The first kappa shape index (κ1) is 21.9. The Labute approximate surface area is 191 Å². The van der Waals surface area contributed by atoms with Crippen LogP contribution in [0.3, 0.4) is 0 Å². The number of hydrogen-bond acceptors (Lipinski definition) is 4. The Morgan fingerprint density at radius 1 is 1.10 bits per heavy atom. The standard InChI is InChI=1S/C24H36N2O3S2/c1-23-12-10-19-17(7-9-20-24(19,2)13-11-21(27)26(20)3)18(23)8-6-16(23)15-25-31(28,29)22-5-4-14-30-22/h4-5,14,16-20,25H,6-13,15H2,1-3H3/t16?,17-,18-,19+,20?,23+,24+/m0/s1. The molecule has 2 unspecified atom stereocenters. The smallest absolute Gasteiger partial charge is 0.250 e. The van der Waals surface area contributed by atoms with Crippen LogP contribution >= 0.6 is 11.3 Å². The van der Waals surface area contributed by atoms with E-state index >= 15 is 0 Å². The number of piperidine rings is 1. The highest BCUT2D eigenvalue weighted by Crippen LogP contribution is 2.66. The van der Waals surface area contributed by atoms with Crippen LogP contribution < -0.4 is 4.72 Å². The van der Waals surface area contributed by atoms with Gasteiger partial charge in [-0.1, -0.05) is 19.9 Å². The molecule has 0 spiro atoms. The molecular weight excluding hydrogens is 428 g/mol. The van der Waals surface area contributed by atoms with E-state index < -0.39 is 10.0 Å². The van der Waals surface area contributed by atoms with E-state index in [9.17, 15) is 13.2 Å². The number of carbonyl (C=O) groups is 1. The molecule has 1 aliphatic heterocycles. The average molecular weight is 465 g/mol. The zero-order chi connectivity index (χ0) is 22.0. The average Bonchev–Trinajstić information content (AvgIpc) is 3.38. The number of sulfonamides is 1. The van der Waals surface area contributed by atoms with Gasteiger partial charge in [-0.15, -0.1) is 11.3 Å². The fourth-order valence-electron chi connectivity index (χ4n) is 8.29. The highest BCUT2D eigenvalue weighted by molar-refractivity contribution is 7.91. The zero-order valence-electron chi connectivity index (χ0n) is 19.0. The van der Waals surface area contributed by atoms with Gasteiger partial charge >= 0.3 is 0 Å². The summed E-state index contributed by atoms with van der Waals surface area (Å²) in [5.74, 6) is 2.83. The van der Waals surface area contributed by atoms with Crippen LogP contribution in [0.15, 0.2) is 21.7 Å². The first-order valence-corrected chi connectivity index (χ1v) is 14.3. The van der Waals surface area contributed by atoms with Gasteiger partial charge in [0.1, 0.15) is 4.21 Å². The maximum atomic E-state index is 12.7. The second kappa shape index (κ2) is 7.56. The molecule has 172 valence electrons. The van der Waals surface area contributed by atoms with Crippen LogP contribution in [0.2, 0.25) is 0 Å². The SMILES string of the molecule is CN1C(=O)CC[C@@]2(C)C1CC[C@@H]1[C@H]2CC[C@]2(C)C(CNS(=O)(=O)c3cccs3)CC[C@@H]12. The molecule has 3 saturated carbocycles. The molecule has 31 heavy (non-hydrogen) atoms. The van der Waals surface area contributed by atoms with Crippen LogP contribution in [0.4, 0.5) is 0 Å².